The van der Waals surface area contributed by atoms with Gasteiger partial charge in [0.15, 0.2) is 0 Å². The van der Waals surface area contributed by atoms with Crippen molar-refractivity contribution in [3.8, 4) is 0 Å². The second kappa shape index (κ2) is 4.80. The summed E-state index contributed by atoms with van der Waals surface area (Å²) in [5, 5.41) is 0. The Morgan fingerprint density at radius 3 is 0.900 bits per heavy atom. The molecule has 0 saturated heterocycles. The lowest BCUT2D eigenvalue weighted by Gasteiger charge is -2.34. The third-order valence-corrected chi connectivity index (χ3v) is 1.60. The fraction of sp³-hybridized carbons (Fsp3) is 1.00. The number of hydrogen-bond acceptors (Lipinski definition) is 1. The van der Waals surface area contributed by atoms with Gasteiger partial charge in [-0.1, -0.05) is 0 Å². The molecular formula is C6HF13O. The molecule has 0 aromatic carbocycles. The van der Waals surface area contributed by atoms with Crippen molar-refractivity contribution in [1.82, 2.24) is 0 Å². The number of alkyl halides is 13. The molecule has 122 valence electrons. The van der Waals surface area contributed by atoms with Crippen LogP contribution >= 0.6 is 0 Å². The van der Waals surface area contributed by atoms with E-state index in [2.05, 4.69) is 0 Å². The summed E-state index contributed by atoms with van der Waals surface area (Å²) in [7, 11) is 0. The van der Waals surface area contributed by atoms with E-state index in [4.69, 9.17) is 0 Å². The van der Waals surface area contributed by atoms with Crippen molar-refractivity contribution in [1.29, 1.82) is 0 Å². The van der Waals surface area contributed by atoms with Crippen molar-refractivity contribution in [2.24, 2.45) is 0 Å². The van der Waals surface area contributed by atoms with Gasteiger partial charge < -0.3 is 4.74 Å². The Morgan fingerprint density at radius 1 is 0.500 bits per heavy atom. The molecule has 1 nitrogen and oxygen atoms in total. The summed E-state index contributed by atoms with van der Waals surface area (Å²) in [6.45, 7) is 0. The van der Waals surface area contributed by atoms with Crippen LogP contribution in [0.2, 0.25) is 0 Å². The molecule has 0 N–H and O–H groups in total. The number of ether oxygens (including phenoxy) is 1. The largest absolute Gasteiger partial charge is 0.458 e. The van der Waals surface area contributed by atoms with Gasteiger partial charge in [-0.15, -0.1) is 0 Å². The second-order valence-electron chi connectivity index (χ2n) is 3.17. The highest BCUT2D eigenvalue weighted by Crippen LogP contribution is 2.50. The first-order chi connectivity index (χ1) is 8.34. The maximum absolute atomic E-state index is 12.6. The van der Waals surface area contributed by atoms with Crippen LogP contribution in [0.5, 0.6) is 0 Å². The van der Waals surface area contributed by atoms with Crippen LogP contribution < -0.4 is 0 Å². The first-order valence-corrected chi connectivity index (χ1v) is 3.97. The zero-order valence-corrected chi connectivity index (χ0v) is 8.40. The van der Waals surface area contributed by atoms with Crippen LogP contribution in [0.1, 0.15) is 0 Å². The molecule has 0 fully saturated rings. The van der Waals surface area contributed by atoms with E-state index in [-0.39, 0.29) is 0 Å². The predicted molar refractivity (Wildman–Crippen MR) is 32.9 cm³/mol. The molecular weight excluding hydrogens is 335 g/mol. The molecule has 14 heteroatoms. The summed E-state index contributed by atoms with van der Waals surface area (Å²) in [5.74, 6) is -7.13. The van der Waals surface area contributed by atoms with Crippen LogP contribution in [0.15, 0.2) is 0 Å². The molecule has 0 heterocycles. The van der Waals surface area contributed by atoms with E-state index in [1.807, 2.05) is 0 Å². The molecule has 0 rings (SSSR count). The Labute approximate surface area is 99.8 Å². The van der Waals surface area contributed by atoms with Crippen LogP contribution in [-0.4, -0.2) is 36.7 Å². The minimum absolute atomic E-state index is 1.73. The average Bonchev–Trinajstić information content (AvgIpc) is 2.05. The van der Waals surface area contributed by atoms with E-state index >= 15 is 0 Å². The molecule has 0 aliphatic heterocycles. The Balaban J connectivity index is 5.80. The third-order valence-electron chi connectivity index (χ3n) is 1.60. The molecule has 0 radical (unpaired) electrons. The lowest BCUT2D eigenvalue weighted by atomic mass is 10.2. The minimum Gasteiger partial charge on any atom is -0.310 e. The van der Waals surface area contributed by atoms with Gasteiger partial charge in [-0.05, 0) is 0 Å². The van der Waals surface area contributed by atoms with E-state index in [0.29, 0.717) is 0 Å². The van der Waals surface area contributed by atoms with Gasteiger partial charge in [0, 0.05) is 0 Å². The van der Waals surface area contributed by atoms with Crippen molar-refractivity contribution in [3.63, 3.8) is 0 Å². The molecule has 0 bridgehead atoms. The van der Waals surface area contributed by atoms with Gasteiger partial charge in [0.05, 0.1) is 0 Å². The van der Waals surface area contributed by atoms with Crippen LogP contribution in [0, 0.1) is 0 Å². The monoisotopic (exact) mass is 336 g/mol. The molecule has 0 aliphatic rings. The van der Waals surface area contributed by atoms with Gasteiger partial charge in [-0.2, -0.15) is 57.1 Å². The number of rotatable bonds is 2. The zero-order chi connectivity index (χ0) is 16.8. The Bertz CT molecular complexity index is 301. The standard InChI is InChI=1S/C6HF13O/c7-2(8,9)1(3(10,11)12)20-4(13,5(14,15)16)6(17,18)19/h1H. The van der Waals surface area contributed by atoms with Crippen LogP contribution in [0.25, 0.3) is 0 Å². The second-order valence-corrected chi connectivity index (χ2v) is 3.17. The third kappa shape index (κ3) is 3.79. The fourth-order valence-electron chi connectivity index (χ4n) is 0.776. The highest BCUT2D eigenvalue weighted by molar-refractivity contribution is 4.90. The Hall–Kier alpha value is -0.950. The first kappa shape index (κ1) is 19.1. The quantitative estimate of drug-likeness (QED) is 0.684. The van der Waals surface area contributed by atoms with Gasteiger partial charge in [0.2, 0.25) is 0 Å². The SMILES string of the molecule is FC(F)(F)C(OC(F)(C(F)(F)F)C(F)(F)F)C(F)(F)F. The van der Waals surface area contributed by atoms with Crippen molar-refractivity contribution >= 4 is 0 Å². The lowest BCUT2D eigenvalue weighted by Crippen LogP contribution is -2.61. The van der Waals surface area contributed by atoms with E-state index < -0.39 is 36.7 Å². The smallest absolute Gasteiger partial charge is 0.310 e. The molecule has 0 spiro atoms. The summed E-state index contributed by atoms with van der Waals surface area (Å²) in [6.07, 6.45) is -33.5. The molecule has 0 unspecified atom stereocenters. The Morgan fingerprint density at radius 2 is 0.750 bits per heavy atom. The molecule has 0 atom stereocenters. The van der Waals surface area contributed by atoms with Crippen molar-refractivity contribution in [3.05, 3.63) is 0 Å². The predicted octanol–water partition coefficient (Wildman–Crippen LogP) is 4.29. The van der Waals surface area contributed by atoms with Gasteiger partial charge in [0.1, 0.15) is 0 Å². The molecule has 0 saturated carbocycles. The zero-order valence-electron chi connectivity index (χ0n) is 8.40. The highest BCUT2D eigenvalue weighted by atomic mass is 19.4. The fourth-order valence-corrected chi connectivity index (χ4v) is 0.776. The van der Waals surface area contributed by atoms with Crippen molar-refractivity contribution in [2.75, 3.05) is 0 Å². The summed E-state index contributed by atoms with van der Waals surface area (Å²) < 4.78 is 156. The summed E-state index contributed by atoms with van der Waals surface area (Å²) in [6, 6.07) is 0. The Kier molecular flexibility index (Phi) is 4.58. The number of halogens is 13. The van der Waals surface area contributed by atoms with Crippen LogP contribution in [-0.2, 0) is 4.74 Å². The molecule has 0 aromatic rings. The van der Waals surface area contributed by atoms with E-state index in [0.717, 1.165) is 0 Å². The molecule has 0 aliphatic carbocycles. The molecule has 20 heavy (non-hydrogen) atoms. The van der Waals surface area contributed by atoms with Crippen LogP contribution in [0.4, 0.5) is 57.1 Å². The summed E-state index contributed by atoms with van der Waals surface area (Å²) in [4.78, 5) is 0. The van der Waals surface area contributed by atoms with E-state index in [1.165, 1.54) is 0 Å². The normalized spacial score (nSPS) is 15.9. The highest BCUT2D eigenvalue weighted by Gasteiger charge is 2.78. The first-order valence-electron chi connectivity index (χ1n) is 3.97. The van der Waals surface area contributed by atoms with Gasteiger partial charge >= 0.3 is 30.6 Å². The summed E-state index contributed by atoms with van der Waals surface area (Å²) in [5.41, 5.74) is 0. The molecule has 0 aromatic heterocycles. The maximum Gasteiger partial charge on any atom is 0.458 e. The maximum atomic E-state index is 12.6. The molecule has 0 amide bonds. The van der Waals surface area contributed by atoms with Crippen LogP contribution in [0.3, 0.4) is 0 Å². The van der Waals surface area contributed by atoms with E-state index in [9.17, 15) is 57.1 Å². The number of hydrogen-bond donors (Lipinski definition) is 0. The van der Waals surface area contributed by atoms with Crippen molar-refractivity contribution < 1.29 is 61.8 Å². The summed E-state index contributed by atoms with van der Waals surface area (Å²) >= 11 is 0. The lowest BCUT2D eigenvalue weighted by molar-refractivity contribution is -0.471. The topological polar surface area (TPSA) is 9.23 Å². The minimum atomic E-state index is -7.21. The van der Waals surface area contributed by atoms with E-state index in [1.54, 1.807) is 4.74 Å². The van der Waals surface area contributed by atoms with Gasteiger partial charge in [0.25, 0.3) is 6.10 Å². The average molecular weight is 336 g/mol. The van der Waals surface area contributed by atoms with Crippen molar-refractivity contribution in [2.45, 2.75) is 36.7 Å². The van der Waals surface area contributed by atoms with Gasteiger partial charge in [-0.25, -0.2) is 0 Å². The van der Waals surface area contributed by atoms with Gasteiger partial charge in [-0.3, -0.25) is 0 Å².